The number of benzene rings is 2. The Morgan fingerprint density at radius 3 is 1.93 bits per heavy atom. The summed E-state index contributed by atoms with van der Waals surface area (Å²) in [5, 5.41) is 1.54. The molecule has 0 saturated heterocycles. The normalized spacial score (nSPS) is 11.6. The highest BCUT2D eigenvalue weighted by molar-refractivity contribution is 7.86. The predicted octanol–water partition coefficient (Wildman–Crippen LogP) is 7.27. The van der Waals surface area contributed by atoms with Crippen LogP contribution in [0.2, 0.25) is 0 Å². The molecule has 2 rings (SSSR count). The zero-order valence-corrected chi connectivity index (χ0v) is 19.1. The van der Waals surface area contributed by atoms with Crippen molar-refractivity contribution in [2.24, 2.45) is 0 Å². The van der Waals surface area contributed by atoms with Gasteiger partial charge in [-0.25, -0.2) is 0 Å². The van der Waals surface area contributed by atoms with E-state index in [4.69, 9.17) is 0 Å². The molecular formula is C24H39NO3S. The molecule has 5 heteroatoms. The molecule has 0 atom stereocenters. The molecule has 0 aliphatic heterocycles. The van der Waals surface area contributed by atoms with Gasteiger partial charge in [-0.1, -0.05) is 95.5 Å². The van der Waals surface area contributed by atoms with Crippen molar-refractivity contribution in [3.05, 3.63) is 41.5 Å². The van der Waals surface area contributed by atoms with Crippen molar-refractivity contribution < 1.29 is 13.0 Å². The van der Waals surface area contributed by atoms with Gasteiger partial charge < -0.3 is 6.15 Å². The summed E-state index contributed by atoms with van der Waals surface area (Å²) in [6.07, 6.45) is 13.1. The molecule has 29 heavy (non-hydrogen) atoms. The van der Waals surface area contributed by atoms with Crippen LogP contribution in [0.25, 0.3) is 10.8 Å². The van der Waals surface area contributed by atoms with Crippen molar-refractivity contribution >= 4 is 20.9 Å². The summed E-state index contributed by atoms with van der Waals surface area (Å²) in [6.45, 7) is 4.40. The molecule has 4 nitrogen and oxygen atoms in total. The average molecular weight is 422 g/mol. The monoisotopic (exact) mass is 421 g/mol. The molecular weight excluding hydrogens is 382 g/mol. The third kappa shape index (κ3) is 7.72. The van der Waals surface area contributed by atoms with E-state index in [2.05, 4.69) is 19.9 Å². The summed E-state index contributed by atoms with van der Waals surface area (Å²) in [5.74, 6) is 0. The van der Waals surface area contributed by atoms with Gasteiger partial charge in [0.2, 0.25) is 0 Å². The van der Waals surface area contributed by atoms with Crippen LogP contribution in [0.5, 0.6) is 0 Å². The van der Waals surface area contributed by atoms with Gasteiger partial charge in [-0.05, 0) is 42.2 Å². The Morgan fingerprint density at radius 2 is 1.34 bits per heavy atom. The highest BCUT2D eigenvalue weighted by atomic mass is 32.2. The molecule has 0 fully saturated rings. The zero-order chi connectivity index (χ0) is 20.4. The van der Waals surface area contributed by atoms with E-state index in [0.717, 1.165) is 48.6 Å². The van der Waals surface area contributed by atoms with Crippen molar-refractivity contribution in [3.8, 4) is 0 Å². The van der Waals surface area contributed by atoms with Gasteiger partial charge in [-0.15, -0.1) is 0 Å². The summed E-state index contributed by atoms with van der Waals surface area (Å²) in [7, 11) is -4.27. The molecule has 4 N–H and O–H groups in total. The lowest BCUT2D eigenvalue weighted by molar-refractivity contribution is 0.482. The fraction of sp³-hybridized carbons (Fsp3) is 0.583. The number of aryl methyl sites for hydroxylation is 1. The van der Waals surface area contributed by atoms with Gasteiger partial charge in [-0.2, -0.15) is 8.42 Å². The van der Waals surface area contributed by atoms with Crippen LogP contribution in [0, 0.1) is 0 Å². The minimum atomic E-state index is -4.27. The van der Waals surface area contributed by atoms with Gasteiger partial charge >= 0.3 is 0 Å². The lowest BCUT2D eigenvalue weighted by Gasteiger charge is -2.17. The minimum absolute atomic E-state index is 0. The zero-order valence-electron chi connectivity index (χ0n) is 18.3. The number of hydrogen-bond donors (Lipinski definition) is 2. The van der Waals surface area contributed by atoms with Gasteiger partial charge in [0.05, 0.1) is 0 Å². The van der Waals surface area contributed by atoms with Crippen LogP contribution >= 0.6 is 0 Å². The Bertz CT molecular complexity index is 847. The molecule has 0 heterocycles. The lowest BCUT2D eigenvalue weighted by atomic mass is 9.93. The third-order valence-electron chi connectivity index (χ3n) is 5.53. The van der Waals surface area contributed by atoms with E-state index in [1.165, 1.54) is 38.5 Å². The van der Waals surface area contributed by atoms with Crippen molar-refractivity contribution in [3.63, 3.8) is 0 Å². The van der Waals surface area contributed by atoms with E-state index in [0.29, 0.717) is 11.8 Å². The first-order chi connectivity index (χ1) is 13.5. The van der Waals surface area contributed by atoms with Crippen LogP contribution < -0.4 is 6.15 Å². The third-order valence-corrected chi connectivity index (χ3v) is 6.52. The first-order valence-electron chi connectivity index (χ1n) is 11.0. The van der Waals surface area contributed by atoms with E-state index < -0.39 is 10.1 Å². The Balaban J connectivity index is 0.00000420. The highest BCUT2D eigenvalue weighted by Gasteiger charge is 2.22. The maximum atomic E-state index is 12.3. The molecule has 0 aromatic heterocycles. The largest absolute Gasteiger partial charge is 0.344 e. The van der Waals surface area contributed by atoms with Crippen LogP contribution in [0.3, 0.4) is 0 Å². The Morgan fingerprint density at radius 1 is 0.793 bits per heavy atom. The lowest BCUT2D eigenvalue weighted by Crippen LogP contribution is -2.08. The molecule has 0 aliphatic rings. The summed E-state index contributed by atoms with van der Waals surface area (Å²) >= 11 is 0. The number of unbranched alkanes of at least 4 members (excludes halogenated alkanes) is 8. The molecule has 2 aromatic rings. The number of rotatable bonds is 13. The molecule has 0 amide bonds. The average Bonchev–Trinajstić information content (AvgIpc) is 2.66. The first kappa shape index (κ1) is 25.6. The van der Waals surface area contributed by atoms with Crippen molar-refractivity contribution in [2.75, 3.05) is 0 Å². The fourth-order valence-corrected chi connectivity index (χ4v) is 5.04. The van der Waals surface area contributed by atoms with Gasteiger partial charge in [0, 0.05) is 5.39 Å². The van der Waals surface area contributed by atoms with E-state index in [-0.39, 0.29) is 11.0 Å². The minimum Gasteiger partial charge on any atom is -0.344 e. The van der Waals surface area contributed by atoms with E-state index in [1.54, 1.807) is 0 Å². The molecule has 0 radical (unpaired) electrons. The fourth-order valence-electron chi connectivity index (χ4n) is 4.03. The second kappa shape index (κ2) is 13.0. The summed E-state index contributed by atoms with van der Waals surface area (Å²) in [6, 6.07) is 9.66. The molecule has 0 spiro atoms. The van der Waals surface area contributed by atoms with E-state index >= 15 is 0 Å². The standard InChI is InChI=1S/C24H36O3S.H3N/c1-3-5-7-9-11-15-20-19-21-16-13-14-18-23(21)24(28(25,26)27)22(20)17-12-10-8-6-4-2;/h13-14,16,18-19H,3-12,15,17H2,1-2H3,(H,25,26,27);1H3. The van der Waals surface area contributed by atoms with Gasteiger partial charge in [0.1, 0.15) is 4.90 Å². The molecule has 0 unspecified atom stereocenters. The molecule has 0 saturated carbocycles. The molecule has 2 aromatic carbocycles. The topological polar surface area (TPSA) is 89.4 Å². The Hall–Kier alpha value is -1.43. The summed E-state index contributed by atoms with van der Waals surface area (Å²) in [4.78, 5) is 0.143. The van der Waals surface area contributed by atoms with Crippen LogP contribution in [0.15, 0.2) is 35.2 Å². The first-order valence-corrected chi connectivity index (χ1v) is 12.4. The van der Waals surface area contributed by atoms with Crippen LogP contribution in [0.4, 0.5) is 0 Å². The quantitative estimate of drug-likeness (QED) is 0.263. The van der Waals surface area contributed by atoms with Crippen LogP contribution in [0.1, 0.15) is 89.2 Å². The predicted molar refractivity (Wildman–Crippen MR) is 124 cm³/mol. The van der Waals surface area contributed by atoms with E-state index in [1.807, 2.05) is 24.3 Å². The molecule has 164 valence electrons. The molecule has 0 aliphatic carbocycles. The smallest absolute Gasteiger partial charge is 0.295 e. The van der Waals surface area contributed by atoms with Crippen LogP contribution in [-0.4, -0.2) is 13.0 Å². The Labute approximate surface area is 177 Å². The highest BCUT2D eigenvalue weighted by Crippen LogP contribution is 2.32. The molecule has 0 bridgehead atoms. The van der Waals surface area contributed by atoms with Crippen LogP contribution in [-0.2, 0) is 23.0 Å². The second-order valence-corrected chi connectivity index (χ2v) is 9.23. The Kier molecular flexibility index (Phi) is 11.5. The van der Waals surface area contributed by atoms with Gasteiger partial charge in [0.25, 0.3) is 10.1 Å². The van der Waals surface area contributed by atoms with Gasteiger partial charge in [-0.3, -0.25) is 4.55 Å². The maximum absolute atomic E-state index is 12.3. The van der Waals surface area contributed by atoms with Gasteiger partial charge in [0.15, 0.2) is 0 Å². The second-order valence-electron chi connectivity index (χ2n) is 7.87. The van der Waals surface area contributed by atoms with Crippen molar-refractivity contribution in [1.82, 2.24) is 6.15 Å². The SMILES string of the molecule is CCCCCCCc1cc2ccccc2c(S(=O)(=O)O)c1CCCCCCC.N. The maximum Gasteiger partial charge on any atom is 0.295 e. The summed E-state index contributed by atoms with van der Waals surface area (Å²) < 4.78 is 34.7. The van der Waals surface area contributed by atoms with Crippen molar-refractivity contribution in [2.45, 2.75) is 95.8 Å². The van der Waals surface area contributed by atoms with E-state index in [9.17, 15) is 13.0 Å². The summed E-state index contributed by atoms with van der Waals surface area (Å²) in [5.41, 5.74) is 1.94. The van der Waals surface area contributed by atoms with Crippen molar-refractivity contribution in [1.29, 1.82) is 0 Å². The number of fused-ring (bicyclic) bond motifs is 1. The number of hydrogen-bond acceptors (Lipinski definition) is 3.